The number of carbonyl (C=O) groups excluding carboxylic acids is 3. The second kappa shape index (κ2) is 8.26. The van der Waals surface area contributed by atoms with Crippen molar-refractivity contribution in [3.63, 3.8) is 0 Å². The zero-order valence-electron chi connectivity index (χ0n) is 18.1. The van der Waals surface area contributed by atoms with E-state index in [-0.39, 0.29) is 17.1 Å². The number of esters is 1. The van der Waals surface area contributed by atoms with E-state index < -0.39 is 29.1 Å². The summed E-state index contributed by atoms with van der Waals surface area (Å²) in [7, 11) is 1.53. The van der Waals surface area contributed by atoms with E-state index in [4.69, 9.17) is 9.47 Å². The molecule has 2 aromatic rings. The molecular formula is C24H25NO6. The molecule has 1 aliphatic heterocycles. The number of amides is 1. The Balaban J connectivity index is 2.18. The highest BCUT2D eigenvalue weighted by atomic mass is 16.5. The summed E-state index contributed by atoms with van der Waals surface area (Å²) in [4.78, 5) is 39.1. The number of methoxy groups -OCH3 is 1. The quantitative estimate of drug-likeness (QED) is 0.574. The third-order valence-electron chi connectivity index (χ3n) is 4.92. The molecule has 0 bridgehead atoms. The molecule has 7 heteroatoms. The summed E-state index contributed by atoms with van der Waals surface area (Å²) >= 11 is 0. The van der Waals surface area contributed by atoms with Gasteiger partial charge in [0.1, 0.15) is 11.5 Å². The van der Waals surface area contributed by atoms with Gasteiger partial charge in [0.05, 0.1) is 18.7 Å². The fourth-order valence-corrected chi connectivity index (χ4v) is 3.48. The van der Waals surface area contributed by atoms with Gasteiger partial charge in [-0.1, -0.05) is 32.9 Å². The molecular weight excluding hydrogens is 398 g/mol. The molecule has 1 N–H and O–H groups in total. The van der Waals surface area contributed by atoms with Crippen LogP contribution >= 0.6 is 0 Å². The van der Waals surface area contributed by atoms with Crippen molar-refractivity contribution >= 4 is 23.3 Å². The lowest BCUT2D eigenvalue weighted by atomic mass is 9.82. The van der Waals surface area contributed by atoms with Crippen LogP contribution in [0.15, 0.2) is 59.9 Å². The highest BCUT2D eigenvalue weighted by Gasteiger charge is 2.46. The molecule has 1 aliphatic rings. The van der Waals surface area contributed by atoms with Gasteiger partial charge in [-0.25, -0.2) is 0 Å². The molecule has 1 atom stereocenters. The van der Waals surface area contributed by atoms with Gasteiger partial charge in [-0.2, -0.15) is 0 Å². The fraction of sp³-hybridized carbons (Fsp3) is 0.292. The molecule has 0 aromatic heterocycles. The smallest absolute Gasteiger partial charge is 0.308 e. The largest absolute Gasteiger partial charge is 0.503 e. The number of aliphatic hydroxyl groups is 1. The van der Waals surface area contributed by atoms with Crippen LogP contribution in [0.4, 0.5) is 5.69 Å². The fourth-order valence-electron chi connectivity index (χ4n) is 3.48. The van der Waals surface area contributed by atoms with Crippen LogP contribution < -0.4 is 14.4 Å². The normalized spacial score (nSPS) is 16.5. The second-order valence-electron chi connectivity index (χ2n) is 8.28. The minimum absolute atomic E-state index is 0.00768. The molecule has 1 unspecified atom stereocenters. The van der Waals surface area contributed by atoms with Crippen molar-refractivity contribution in [2.45, 2.75) is 33.7 Å². The monoisotopic (exact) mass is 423 g/mol. The Kier molecular flexibility index (Phi) is 5.88. The van der Waals surface area contributed by atoms with Crippen molar-refractivity contribution in [3.05, 3.63) is 65.4 Å². The Bertz CT molecular complexity index is 1060. The van der Waals surface area contributed by atoms with Gasteiger partial charge in [-0.15, -0.1) is 0 Å². The average Bonchev–Trinajstić information content (AvgIpc) is 2.97. The SMILES string of the molecule is COc1ccc(N2C(=O)C(O)=C(C(=O)C(C)(C)C)C2c2cccc(OC(C)=O)c2)cc1. The van der Waals surface area contributed by atoms with Crippen molar-refractivity contribution in [2.24, 2.45) is 5.41 Å². The second-order valence-corrected chi connectivity index (χ2v) is 8.28. The number of ketones is 1. The maximum absolute atomic E-state index is 13.2. The highest BCUT2D eigenvalue weighted by Crippen LogP contribution is 2.44. The van der Waals surface area contributed by atoms with Gasteiger partial charge in [-0.3, -0.25) is 19.3 Å². The Morgan fingerprint density at radius 3 is 2.23 bits per heavy atom. The van der Waals surface area contributed by atoms with Crippen molar-refractivity contribution in [2.75, 3.05) is 12.0 Å². The lowest BCUT2D eigenvalue weighted by Gasteiger charge is -2.29. The first kappa shape index (κ1) is 22.1. The molecule has 0 radical (unpaired) electrons. The summed E-state index contributed by atoms with van der Waals surface area (Å²) in [5.74, 6) is -1.22. The molecule has 0 saturated carbocycles. The highest BCUT2D eigenvalue weighted by molar-refractivity contribution is 6.17. The number of rotatable bonds is 5. The minimum Gasteiger partial charge on any atom is -0.503 e. The number of nitrogens with zero attached hydrogens (tertiary/aromatic N) is 1. The number of anilines is 1. The summed E-state index contributed by atoms with van der Waals surface area (Å²) in [5, 5.41) is 10.7. The number of ether oxygens (including phenoxy) is 2. The first-order chi connectivity index (χ1) is 14.5. The summed E-state index contributed by atoms with van der Waals surface area (Å²) in [6, 6.07) is 12.4. The van der Waals surface area contributed by atoms with E-state index in [0.29, 0.717) is 17.0 Å². The third kappa shape index (κ3) is 4.30. The molecule has 0 saturated heterocycles. The van der Waals surface area contributed by atoms with Crippen LogP contribution in [-0.4, -0.2) is 29.9 Å². The summed E-state index contributed by atoms with van der Waals surface area (Å²) in [5.41, 5.74) is 0.190. The molecule has 162 valence electrons. The molecule has 3 rings (SSSR count). The van der Waals surface area contributed by atoms with Crippen LogP contribution in [0, 0.1) is 5.41 Å². The van der Waals surface area contributed by atoms with Crippen molar-refractivity contribution in [3.8, 4) is 11.5 Å². The predicted molar refractivity (Wildman–Crippen MR) is 115 cm³/mol. The van der Waals surface area contributed by atoms with Gasteiger partial charge in [-0.05, 0) is 42.0 Å². The number of Topliss-reactive ketones (excluding diaryl/α,β-unsaturated/α-hetero) is 1. The van der Waals surface area contributed by atoms with E-state index in [1.165, 1.54) is 18.9 Å². The van der Waals surface area contributed by atoms with Gasteiger partial charge >= 0.3 is 5.97 Å². The molecule has 7 nitrogen and oxygen atoms in total. The lowest BCUT2D eigenvalue weighted by molar-refractivity contribution is -0.132. The number of hydrogen-bond acceptors (Lipinski definition) is 6. The van der Waals surface area contributed by atoms with E-state index in [0.717, 1.165) is 0 Å². The Hall–Kier alpha value is -3.61. The number of carbonyl (C=O) groups is 3. The third-order valence-corrected chi connectivity index (χ3v) is 4.92. The van der Waals surface area contributed by atoms with Gasteiger partial charge in [0, 0.05) is 18.0 Å². The first-order valence-corrected chi connectivity index (χ1v) is 9.78. The maximum Gasteiger partial charge on any atom is 0.308 e. The van der Waals surface area contributed by atoms with Crippen LogP contribution in [0.5, 0.6) is 11.5 Å². The lowest BCUT2D eigenvalue weighted by Crippen LogP contribution is -2.32. The van der Waals surface area contributed by atoms with Crippen LogP contribution in [-0.2, 0) is 14.4 Å². The molecule has 2 aromatic carbocycles. The Morgan fingerprint density at radius 1 is 1.03 bits per heavy atom. The number of aliphatic hydroxyl groups excluding tert-OH is 1. The topological polar surface area (TPSA) is 93.1 Å². The Labute approximate surface area is 180 Å². The van der Waals surface area contributed by atoms with Gasteiger partial charge in [0.25, 0.3) is 5.91 Å². The van der Waals surface area contributed by atoms with Gasteiger partial charge < -0.3 is 14.6 Å². The minimum atomic E-state index is -0.886. The number of hydrogen-bond donors (Lipinski definition) is 1. The van der Waals surface area contributed by atoms with Crippen LogP contribution in [0.25, 0.3) is 0 Å². The standard InChI is InChI=1S/C24H25NO6/c1-14(26)31-18-8-6-7-15(13-18)20-19(22(28)24(2,3)4)21(27)23(29)25(20)16-9-11-17(30-5)12-10-16/h6-13,20,27H,1-5H3. The molecule has 31 heavy (non-hydrogen) atoms. The molecule has 0 aliphatic carbocycles. The molecule has 0 fully saturated rings. The molecule has 0 spiro atoms. The van der Waals surface area contributed by atoms with Gasteiger partial charge in [0.15, 0.2) is 11.5 Å². The van der Waals surface area contributed by atoms with Crippen LogP contribution in [0.2, 0.25) is 0 Å². The van der Waals surface area contributed by atoms with Crippen LogP contribution in [0.1, 0.15) is 39.3 Å². The first-order valence-electron chi connectivity index (χ1n) is 9.78. The zero-order valence-corrected chi connectivity index (χ0v) is 18.1. The number of benzene rings is 2. The van der Waals surface area contributed by atoms with E-state index in [1.54, 1.807) is 69.3 Å². The summed E-state index contributed by atoms with van der Waals surface area (Å²) in [6.45, 7) is 6.46. The maximum atomic E-state index is 13.2. The van der Waals surface area contributed by atoms with Crippen molar-refractivity contribution in [1.29, 1.82) is 0 Å². The van der Waals surface area contributed by atoms with Crippen molar-refractivity contribution < 1.29 is 29.0 Å². The zero-order chi connectivity index (χ0) is 22.9. The van der Waals surface area contributed by atoms with E-state index >= 15 is 0 Å². The van der Waals surface area contributed by atoms with Crippen LogP contribution in [0.3, 0.4) is 0 Å². The van der Waals surface area contributed by atoms with E-state index in [2.05, 4.69) is 0 Å². The summed E-state index contributed by atoms with van der Waals surface area (Å²) in [6.07, 6.45) is 0. The van der Waals surface area contributed by atoms with E-state index in [9.17, 15) is 19.5 Å². The average molecular weight is 423 g/mol. The van der Waals surface area contributed by atoms with Crippen molar-refractivity contribution in [1.82, 2.24) is 0 Å². The molecule has 1 amide bonds. The van der Waals surface area contributed by atoms with Gasteiger partial charge in [0.2, 0.25) is 0 Å². The summed E-state index contributed by atoms with van der Waals surface area (Å²) < 4.78 is 10.4. The molecule has 1 heterocycles. The predicted octanol–water partition coefficient (Wildman–Crippen LogP) is 4.14. The van der Waals surface area contributed by atoms with E-state index in [1.807, 2.05) is 0 Å². The Morgan fingerprint density at radius 2 is 1.68 bits per heavy atom.